The number of tetrazole rings is 2. The van der Waals surface area contributed by atoms with Gasteiger partial charge in [-0.15, -0.1) is 20.4 Å². The molecule has 0 radical (unpaired) electrons. The van der Waals surface area contributed by atoms with Crippen molar-refractivity contribution in [1.82, 2.24) is 41.2 Å². The molecule has 9 heteroatoms. The normalized spacial score (nSPS) is 7.27. The van der Waals surface area contributed by atoms with Crippen molar-refractivity contribution in [3.05, 3.63) is 12.7 Å². The zero-order valence-corrected chi connectivity index (χ0v) is 8.96. The zero-order valence-electron chi connectivity index (χ0n) is 6.84. The van der Waals surface area contributed by atoms with E-state index in [1.165, 1.54) is 12.7 Å². The number of nitrogens with one attached hydrogen (secondary N) is 2. The molecule has 2 N–H and O–H groups in total. The second-order valence-corrected chi connectivity index (χ2v) is 1.12. The van der Waals surface area contributed by atoms with Crippen LogP contribution in [0.2, 0.25) is 0 Å². The summed E-state index contributed by atoms with van der Waals surface area (Å²) in [4.78, 5) is 0. The Morgan fingerprint density at radius 1 is 0.909 bits per heavy atom. The molecular weight excluding hydrogens is 175 g/mol. The largest absolute Gasteiger partial charge is 1.00 e. The number of rotatable bonds is 0. The Morgan fingerprint density at radius 2 is 1.36 bits per heavy atom. The van der Waals surface area contributed by atoms with Gasteiger partial charge >= 0.3 is 51.4 Å². The van der Waals surface area contributed by atoms with E-state index in [0.29, 0.717) is 0 Å². The van der Waals surface area contributed by atoms with Crippen LogP contribution < -0.4 is 51.4 Å². The van der Waals surface area contributed by atoms with Gasteiger partial charge in [-0.1, -0.05) is 10.4 Å². The summed E-state index contributed by atoms with van der Waals surface area (Å²) in [6.07, 6.45) is 2.67. The Bertz CT molecular complexity index is 156. The van der Waals surface area contributed by atoms with Crippen molar-refractivity contribution in [2.24, 2.45) is 0 Å². The van der Waals surface area contributed by atoms with Crippen molar-refractivity contribution in [1.29, 1.82) is 0 Å². The fourth-order valence-electron chi connectivity index (χ4n) is 0.258. The Balaban J connectivity index is 0. The third-order valence-electron chi connectivity index (χ3n) is 0.539. The summed E-state index contributed by atoms with van der Waals surface area (Å²) < 4.78 is 0. The number of nitrogens with zero attached hydrogens (tertiary/aromatic N) is 6. The molecule has 0 atom stereocenters. The van der Waals surface area contributed by atoms with Gasteiger partial charge in [-0.05, 0) is 0 Å². The van der Waals surface area contributed by atoms with Crippen molar-refractivity contribution in [2.45, 2.75) is 0 Å². The molecule has 0 aromatic carbocycles. The van der Waals surface area contributed by atoms with Gasteiger partial charge in [0.2, 0.25) is 0 Å². The smallest absolute Gasteiger partial charge is 1.00 e. The van der Waals surface area contributed by atoms with Crippen molar-refractivity contribution < 1.29 is 52.8 Å². The summed E-state index contributed by atoms with van der Waals surface area (Å²) in [5, 5.41) is 24.3. The number of aromatic amines is 2. The molecule has 54 valence electrons. The van der Waals surface area contributed by atoms with Crippen LogP contribution in [0.5, 0.6) is 0 Å². The van der Waals surface area contributed by atoms with E-state index >= 15 is 0 Å². The van der Waals surface area contributed by atoms with Crippen LogP contribution in [0.4, 0.5) is 0 Å². The summed E-state index contributed by atoms with van der Waals surface area (Å²) in [6.45, 7) is 0. The first-order chi connectivity index (χ1) is 5.00. The quantitative estimate of drug-likeness (QED) is 0.396. The summed E-state index contributed by atoms with van der Waals surface area (Å²) in [7, 11) is 0. The molecule has 0 unspecified atom stereocenters. The fourth-order valence-corrected chi connectivity index (χ4v) is 0.258. The first-order valence-electron chi connectivity index (χ1n) is 2.33. The number of hydrogen-bond donors (Lipinski definition) is 2. The Kier molecular flexibility index (Phi) is 7.72. The van der Waals surface area contributed by atoms with Gasteiger partial charge in [-0.25, -0.2) is 0 Å². The zero-order chi connectivity index (χ0) is 7.07. The molecule has 2 heterocycles. The molecule has 2 aromatic rings. The minimum Gasteiger partial charge on any atom is -1.00 e. The molecule has 0 amide bonds. The maximum Gasteiger partial charge on any atom is 1.00 e. The van der Waals surface area contributed by atoms with Crippen molar-refractivity contribution in [3.63, 3.8) is 0 Å². The van der Waals surface area contributed by atoms with Crippen LogP contribution in [-0.2, 0) is 0 Å². The molecule has 0 spiro atoms. The van der Waals surface area contributed by atoms with Crippen LogP contribution in [0.3, 0.4) is 0 Å². The first-order valence-corrected chi connectivity index (χ1v) is 2.33. The maximum absolute atomic E-state index is 3.38. The molecule has 0 saturated heterocycles. The Labute approximate surface area is 105 Å². The van der Waals surface area contributed by atoms with Crippen LogP contribution in [0.15, 0.2) is 12.7 Å². The Morgan fingerprint density at radius 3 is 1.45 bits per heavy atom. The molecular formula is C2H5KN8. The van der Waals surface area contributed by atoms with Gasteiger partial charge in [-0.3, -0.25) is 0 Å². The molecule has 11 heavy (non-hydrogen) atoms. The summed E-state index contributed by atoms with van der Waals surface area (Å²) in [6, 6.07) is 0. The van der Waals surface area contributed by atoms with E-state index in [0.717, 1.165) is 0 Å². The minimum absolute atomic E-state index is 0. The van der Waals surface area contributed by atoms with Crippen LogP contribution >= 0.6 is 0 Å². The van der Waals surface area contributed by atoms with Gasteiger partial charge in [0.25, 0.3) is 0 Å². The molecule has 0 aliphatic heterocycles. The van der Waals surface area contributed by atoms with Crippen LogP contribution in [0.1, 0.15) is 1.43 Å². The average molecular weight is 180 g/mol. The molecule has 8 nitrogen and oxygen atoms in total. The summed E-state index contributed by atoms with van der Waals surface area (Å²) in [5.41, 5.74) is 0. The predicted molar refractivity (Wildman–Crippen MR) is 29.5 cm³/mol. The molecule has 0 aliphatic rings. The molecule has 0 saturated carbocycles. The van der Waals surface area contributed by atoms with Crippen LogP contribution in [0, 0.1) is 0 Å². The van der Waals surface area contributed by atoms with E-state index in [2.05, 4.69) is 41.2 Å². The topological polar surface area (TPSA) is 109 Å². The van der Waals surface area contributed by atoms with E-state index < -0.39 is 0 Å². The second kappa shape index (κ2) is 7.88. The maximum atomic E-state index is 3.38. The third-order valence-corrected chi connectivity index (χ3v) is 0.539. The van der Waals surface area contributed by atoms with Gasteiger partial charge < -0.3 is 1.43 Å². The van der Waals surface area contributed by atoms with E-state index in [4.69, 9.17) is 0 Å². The first kappa shape index (κ1) is 10.8. The van der Waals surface area contributed by atoms with Gasteiger partial charge in [-0.2, -0.15) is 10.4 Å². The molecule has 2 rings (SSSR count). The monoisotopic (exact) mass is 180 g/mol. The number of H-pyrrole nitrogens is 2. The molecule has 2 aromatic heterocycles. The van der Waals surface area contributed by atoms with E-state index in [-0.39, 0.29) is 52.8 Å². The van der Waals surface area contributed by atoms with E-state index in [1.807, 2.05) is 0 Å². The predicted octanol–water partition coefficient (Wildman–Crippen LogP) is -4.48. The molecule has 0 aliphatic carbocycles. The van der Waals surface area contributed by atoms with Crippen molar-refractivity contribution in [3.8, 4) is 0 Å². The summed E-state index contributed by atoms with van der Waals surface area (Å²) in [5.74, 6) is 0. The van der Waals surface area contributed by atoms with Gasteiger partial charge in [0.15, 0.2) is 12.7 Å². The SMILES string of the molecule is [H-].[K+].c1nn[nH]n1.c1nn[nH]n1. The van der Waals surface area contributed by atoms with Gasteiger partial charge in [0, 0.05) is 0 Å². The molecule has 0 bridgehead atoms. The van der Waals surface area contributed by atoms with Gasteiger partial charge in [0.05, 0.1) is 0 Å². The number of hydrogen-bond acceptors (Lipinski definition) is 6. The van der Waals surface area contributed by atoms with Crippen molar-refractivity contribution >= 4 is 0 Å². The fraction of sp³-hybridized carbons (Fsp3) is 0. The van der Waals surface area contributed by atoms with Gasteiger partial charge in [0.1, 0.15) is 0 Å². The summed E-state index contributed by atoms with van der Waals surface area (Å²) >= 11 is 0. The number of aromatic nitrogens is 8. The minimum atomic E-state index is 0. The van der Waals surface area contributed by atoms with Crippen LogP contribution in [0.25, 0.3) is 0 Å². The van der Waals surface area contributed by atoms with E-state index in [1.54, 1.807) is 0 Å². The third kappa shape index (κ3) is 6.19. The van der Waals surface area contributed by atoms with Crippen molar-refractivity contribution in [2.75, 3.05) is 0 Å². The molecule has 0 fully saturated rings. The van der Waals surface area contributed by atoms with E-state index in [9.17, 15) is 0 Å². The second-order valence-electron chi connectivity index (χ2n) is 1.12. The average Bonchev–Trinajstić information content (AvgIpc) is 2.67. The Hall–Kier alpha value is -0.224. The van der Waals surface area contributed by atoms with Crippen LogP contribution in [-0.4, -0.2) is 41.2 Å². The standard InChI is InChI=1S/2CH2N4.K.H/c2*1-2-4-5-3-1;;/h2*1H,(H,2,3,4,5);;/q;;+1;-1.